The number of hydrogen-bond acceptors (Lipinski definition) is 5. The third kappa shape index (κ3) is 7.66. The Bertz CT molecular complexity index is 528. The summed E-state index contributed by atoms with van der Waals surface area (Å²) in [6, 6.07) is 0.530. The molecule has 0 spiro atoms. The van der Waals surface area contributed by atoms with Crippen LogP contribution in [0.4, 0.5) is 32.3 Å². The molecule has 0 aliphatic carbocycles. The number of alkyl halides is 6. The molecule has 1 aliphatic heterocycles. The van der Waals surface area contributed by atoms with Crippen LogP contribution in [0.2, 0.25) is 0 Å². The van der Waals surface area contributed by atoms with Crippen molar-refractivity contribution in [1.29, 1.82) is 0 Å². The molecule has 1 saturated heterocycles. The van der Waals surface area contributed by atoms with Gasteiger partial charge in [0.05, 0.1) is 6.04 Å². The molecule has 1 fully saturated rings. The number of carbonyl (C=O) groups is 2. The Hall–Kier alpha value is -2.51. The zero-order valence-corrected chi connectivity index (χ0v) is 11.6. The van der Waals surface area contributed by atoms with Gasteiger partial charge in [-0.2, -0.15) is 26.3 Å². The van der Waals surface area contributed by atoms with Crippen LogP contribution in [0.15, 0.2) is 12.4 Å². The zero-order chi connectivity index (χ0) is 19.1. The number of carboxylic acids is 2. The van der Waals surface area contributed by atoms with Crippen LogP contribution in [-0.4, -0.2) is 57.1 Å². The molecule has 1 aromatic heterocycles. The lowest BCUT2D eigenvalue weighted by molar-refractivity contribution is -0.193. The van der Waals surface area contributed by atoms with E-state index in [2.05, 4.69) is 10.3 Å². The average molecular weight is 366 g/mol. The summed E-state index contributed by atoms with van der Waals surface area (Å²) in [5, 5.41) is 17.4. The van der Waals surface area contributed by atoms with Crippen LogP contribution >= 0.6 is 0 Å². The van der Waals surface area contributed by atoms with Crippen molar-refractivity contribution < 1.29 is 46.1 Å². The molecule has 24 heavy (non-hydrogen) atoms. The van der Waals surface area contributed by atoms with Crippen molar-refractivity contribution in [3.8, 4) is 0 Å². The molecular weight excluding hydrogens is 354 g/mol. The lowest BCUT2D eigenvalue weighted by Crippen LogP contribution is -2.43. The number of halogens is 6. The lowest BCUT2D eigenvalue weighted by Gasteiger charge is -2.28. The molecule has 8 nitrogen and oxygen atoms in total. The van der Waals surface area contributed by atoms with Gasteiger partial charge in [0.1, 0.15) is 0 Å². The zero-order valence-electron chi connectivity index (χ0n) is 11.6. The van der Waals surface area contributed by atoms with Gasteiger partial charge >= 0.3 is 24.3 Å². The van der Waals surface area contributed by atoms with Gasteiger partial charge in [0.15, 0.2) is 5.95 Å². The number of aliphatic carboxylic acids is 2. The molecule has 0 saturated carbocycles. The molecule has 14 heteroatoms. The van der Waals surface area contributed by atoms with Crippen molar-refractivity contribution in [2.24, 2.45) is 0 Å². The van der Waals surface area contributed by atoms with Gasteiger partial charge in [-0.1, -0.05) is 0 Å². The van der Waals surface area contributed by atoms with Crippen LogP contribution in [0, 0.1) is 0 Å². The molecule has 0 amide bonds. The van der Waals surface area contributed by atoms with E-state index < -0.39 is 24.3 Å². The standard InChI is InChI=1S/C6H10N4.2C2HF3O2/c7-6-9-1-2-10(6)5-3-8-4-5;2*3-2(4,5)1(6)7/h1-2,5,8H,3-4H2,(H2,7,9);2*(H,6,7). The van der Waals surface area contributed by atoms with Crippen LogP contribution in [0.3, 0.4) is 0 Å². The second-order valence-corrected chi connectivity index (χ2v) is 4.11. The molecule has 2 heterocycles. The number of nitrogens with two attached hydrogens (primary N) is 1. The summed E-state index contributed by atoms with van der Waals surface area (Å²) in [4.78, 5) is 21.7. The van der Waals surface area contributed by atoms with Gasteiger partial charge in [-0.05, 0) is 0 Å². The number of aromatic nitrogens is 2. The number of anilines is 1. The third-order valence-electron chi connectivity index (χ3n) is 2.34. The lowest BCUT2D eigenvalue weighted by atomic mass is 10.2. The summed E-state index contributed by atoms with van der Waals surface area (Å²) in [5.74, 6) is -4.90. The van der Waals surface area contributed by atoms with E-state index >= 15 is 0 Å². The Kier molecular flexibility index (Phi) is 7.50. The van der Waals surface area contributed by atoms with Crippen molar-refractivity contribution in [2.75, 3.05) is 18.8 Å². The Morgan fingerprint density at radius 1 is 1.12 bits per heavy atom. The first-order chi connectivity index (χ1) is 10.8. The van der Waals surface area contributed by atoms with Crippen molar-refractivity contribution in [3.05, 3.63) is 12.4 Å². The molecule has 0 atom stereocenters. The second-order valence-electron chi connectivity index (χ2n) is 4.11. The summed E-state index contributed by atoms with van der Waals surface area (Å²) < 4.78 is 65.5. The SMILES string of the molecule is Nc1nccn1C1CNC1.O=C(O)C(F)(F)F.O=C(O)C(F)(F)F. The molecule has 2 rings (SSSR count). The fourth-order valence-corrected chi connectivity index (χ4v) is 1.10. The predicted octanol–water partition coefficient (Wildman–Crippen LogP) is 0.876. The van der Waals surface area contributed by atoms with Crippen molar-refractivity contribution >= 4 is 17.9 Å². The van der Waals surface area contributed by atoms with Gasteiger partial charge in [0.2, 0.25) is 0 Å². The van der Waals surface area contributed by atoms with E-state index in [4.69, 9.17) is 25.5 Å². The van der Waals surface area contributed by atoms with E-state index in [0.717, 1.165) is 13.1 Å². The molecule has 0 radical (unpaired) electrons. The maximum Gasteiger partial charge on any atom is 0.490 e. The summed E-state index contributed by atoms with van der Waals surface area (Å²) in [6.07, 6.45) is -6.52. The Labute approximate surface area is 129 Å². The highest BCUT2D eigenvalue weighted by Gasteiger charge is 2.38. The number of imidazole rings is 1. The van der Waals surface area contributed by atoms with E-state index in [1.54, 1.807) is 6.20 Å². The molecule has 138 valence electrons. The molecule has 0 aromatic carbocycles. The van der Waals surface area contributed by atoms with Gasteiger partial charge < -0.3 is 25.8 Å². The highest BCUT2D eigenvalue weighted by molar-refractivity contribution is 5.73. The van der Waals surface area contributed by atoms with E-state index in [0.29, 0.717) is 12.0 Å². The number of nitrogens with one attached hydrogen (secondary N) is 1. The van der Waals surface area contributed by atoms with Crippen LogP contribution in [0.25, 0.3) is 0 Å². The largest absolute Gasteiger partial charge is 0.490 e. The van der Waals surface area contributed by atoms with Crippen LogP contribution < -0.4 is 11.1 Å². The second kappa shape index (κ2) is 8.37. The topological polar surface area (TPSA) is 130 Å². The molecular formula is C10H12F6N4O4. The number of nitrogen functional groups attached to an aromatic ring is 1. The summed E-state index contributed by atoms with van der Waals surface area (Å²) in [6.45, 7) is 2.03. The van der Waals surface area contributed by atoms with Gasteiger partial charge in [0, 0.05) is 25.5 Å². The Balaban J connectivity index is 0.000000343. The van der Waals surface area contributed by atoms with Gasteiger partial charge in [-0.3, -0.25) is 0 Å². The minimum Gasteiger partial charge on any atom is -0.475 e. The molecule has 0 unspecified atom stereocenters. The fraction of sp³-hybridized carbons (Fsp3) is 0.500. The minimum atomic E-state index is -5.08. The van der Waals surface area contributed by atoms with Gasteiger partial charge in [0.25, 0.3) is 0 Å². The number of hydrogen-bond donors (Lipinski definition) is 4. The molecule has 0 bridgehead atoms. The minimum absolute atomic E-state index is 0.530. The highest BCUT2D eigenvalue weighted by atomic mass is 19.4. The van der Waals surface area contributed by atoms with Gasteiger partial charge in [-0.15, -0.1) is 0 Å². The summed E-state index contributed by atoms with van der Waals surface area (Å²) in [7, 11) is 0. The normalized spacial score (nSPS) is 14.4. The quantitative estimate of drug-likeness (QED) is 0.543. The van der Waals surface area contributed by atoms with E-state index in [-0.39, 0.29) is 0 Å². The fourth-order valence-electron chi connectivity index (χ4n) is 1.10. The monoisotopic (exact) mass is 366 g/mol. The van der Waals surface area contributed by atoms with Crippen molar-refractivity contribution in [1.82, 2.24) is 14.9 Å². The van der Waals surface area contributed by atoms with Gasteiger partial charge in [-0.25, -0.2) is 14.6 Å². The van der Waals surface area contributed by atoms with E-state index in [9.17, 15) is 26.3 Å². The summed E-state index contributed by atoms with van der Waals surface area (Å²) >= 11 is 0. The van der Waals surface area contributed by atoms with Crippen LogP contribution in [-0.2, 0) is 9.59 Å². The number of nitrogens with zero attached hydrogens (tertiary/aromatic N) is 2. The van der Waals surface area contributed by atoms with Crippen molar-refractivity contribution in [2.45, 2.75) is 18.4 Å². The predicted molar refractivity (Wildman–Crippen MR) is 65.9 cm³/mol. The van der Waals surface area contributed by atoms with E-state index in [1.807, 2.05) is 10.8 Å². The van der Waals surface area contributed by atoms with Crippen LogP contribution in [0.1, 0.15) is 6.04 Å². The van der Waals surface area contributed by atoms with E-state index in [1.165, 1.54) is 0 Å². The first-order valence-corrected chi connectivity index (χ1v) is 5.86. The Morgan fingerprint density at radius 3 is 1.67 bits per heavy atom. The summed E-state index contributed by atoms with van der Waals surface area (Å²) in [5.41, 5.74) is 5.58. The highest BCUT2D eigenvalue weighted by Crippen LogP contribution is 2.14. The molecule has 1 aromatic rings. The maximum absolute atomic E-state index is 10.6. The number of rotatable bonds is 1. The average Bonchev–Trinajstić information content (AvgIpc) is 2.72. The Morgan fingerprint density at radius 2 is 1.50 bits per heavy atom. The van der Waals surface area contributed by atoms with Crippen LogP contribution in [0.5, 0.6) is 0 Å². The third-order valence-corrected chi connectivity index (χ3v) is 2.34. The molecule has 5 N–H and O–H groups in total. The first kappa shape index (κ1) is 21.5. The maximum atomic E-state index is 10.6. The molecule has 1 aliphatic rings. The first-order valence-electron chi connectivity index (χ1n) is 5.86. The number of carboxylic acid groups (broad SMARTS) is 2. The smallest absolute Gasteiger partial charge is 0.475 e. The van der Waals surface area contributed by atoms with Crippen molar-refractivity contribution in [3.63, 3.8) is 0 Å².